The Kier molecular flexibility index (Phi) is 5.56. The summed E-state index contributed by atoms with van der Waals surface area (Å²) in [5.41, 5.74) is 8.99. The molecule has 0 saturated heterocycles. The summed E-state index contributed by atoms with van der Waals surface area (Å²) < 4.78 is 7.03. The number of nitrogens with zero attached hydrogens (tertiary/aromatic N) is 1. The second kappa shape index (κ2) is 7.41. The van der Waals surface area contributed by atoms with Crippen LogP contribution < -0.4 is 10.5 Å². The zero-order chi connectivity index (χ0) is 14.4. The predicted molar refractivity (Wildman–Crippen MR) is 85.1 cm³/mol. The number of hydrogen-bond acceptors (Lipinski definition) is 3. The summed E-state index contributed by atoms with van der Waals surface area (Å²) in [6, 6.07) is 10.1. The van der Waals surface area contributed by atoms with E-state index >= 15 is 0 Å². The molecule has 0 fully saturated rings. The summed E-state index contributed by atoms with van der Waals surface area (Å²) in [6.45, 7) is 3.30. The molecule has 1 aromatic heterocycles. The fraction of sp³-hybridized carbons (Fsp3) is 0.312. The summed E-state index contributed by atoms with van der Waals surface area (Å²) >= 11 is 3.52. The van der Waals surface area contributed by atoms with Crippen LogP contribution in [-0.2, 0) is 12.8 Å². The molecule has 0 aliphatic carbocycles. The van der Waals surface area contributed by atoms with E-state index < -0.39 is 0 Å². The maximum absolute atomic E-state index is 5.96. The Morgan fingerprint density at radius 1 is 1.25 bits per heavy atom. The van der Waals surface area contributed by atoms with Crippen molar-refractivity contribution in [2.75, 3.05) is 13.2 Å². The summed E-state index contributed by atoms with van der Waals surface area (Å²) in [4.78, 5) is 4.30. The molecule has 0 aliphatic heterocycles. The highest BCUT2D eigenvalue weighted by molar-refractivity contribution is 9.10. The number of rotatable bonds is 6. The van der Waals surface area contributed by atoms with E-state index in [4.69, 9.17) is 10.5 Å². The van der Waals surface area contributed by atoms with Gasteiger partial charge in [-0.1, -0.05) is 22.0 Å². The van der Waals surface area contributed by atoms with Gasteiger partial charge in [0.2, 0.25) is 0 Å². The third kappa shape index (κ3) is 4.05. The van der Waals surface area contributed by atoms with Crippen LogP contribution in [0.5, 0.6) is 5.75 Å². The van der Waals surface area contributed by atoms with Gasteiger partial charge in [-0.2, -0.15) is 0 Å². The van der Waals surface area contributed by atoms with E-state index in [1.54, 1.807) is 6.20 Å². The van der Waals surface area contributed by atoms with Gasteiger partial charge in [0.25, 0.3) is 0 Å². The lowest BCUT2D eigenvalue weighted by Crippen LogP contribution is -2.09. The van der Waals surface area contributed by atoms with Gasteiger partial charge in [-0.25, -0.2) is 0 Å². The Hall–Kier alpha value is -1.39. The third-order valence-electron chi connectivity index (χ3n) is 3.06. The van der Waals surface area contributed by atoms with Crippen LogP contribution in [0, 0.1) is 6.92 Å². The highest BCUT2D eigenvalue weighted by Crippen LogP contribution is 2.28. The topological polar surface area (TPSA) is 48.1 Å². The van der Waals surface area contributed by atoms with Gasteiger partial charge >= 0.3 is 0 Å². The van der Waals surface area contributed by atoms with Crippen molar-refractivity contribution in [3.05, 3.63) is 57.8 Å². The molecule has 0 saturated carbocycles. The van der Waals surface area contributed by atoms with Gasteiger partial charge in [0.1, 0.15) is 5.75 Å². The molecule has 0 bridgehead atoms. The Labute approximate surface area is 128 Å². The molecule has 20 heavy (non-hydrogen) atoms. The first kappa shape index (κ1) is 15.0. The highest BCUT2D eigenvalue weighted by Gasteiger charge is 2.08. The van der Waals surface area contributed by atoms with Gasteiger partial charge in [0.05, 0.1) is 6.61 Å². The van der Waals surface area contributed by atoms with Crippen LogP contribution in [0.3, 0.4) is 0 Å². The minimum atomic E-state index is 0.618. The molecule has 0 amide bonds. The first-order valence-corrected chi connectivity index (χ1v) is 7.52. The summed E-state index contributed by atoms with van der Waals surface area (Å²) in [5.74, 6) is 0.953. The minimum Gasteiger partial charge on any atom is -0.493 e. The maximum Gasteiger partial charge on any atom is 0.125 e. The monoisotopic (exact) mass is 334 g/mol. The van der Waals surface area contributed by atoms with E-state index in [-0.39, 0.29) is 0 Å². The molecule has 0 aliphatic rings. The molecule has 1 heterocycles. The Morgan fingerprint density at radius 2 is 2.10 bits per heavy atom. The second-order valence-electron chi connectivity index (χ2n) is 4.67. The van der Waals surface area contributed by atoms with Gasteiger partial charge < -0.3 is 10.5 Å². The largest absolute Gasteiger partial charge is 0.493 e. The lowest BCUT2D eigenvalue weighted by Gasteiger charge is -2.14. The number of nitrogens with two attached hydrogens (primary N) is 1. The quantitative estimate of drug-likeness (QED) is 0.881. The molecule has 3 nitrogen and oxygen atoms in total. The van der Waals surface area contributed by atoms with E-state index in [1.165, 1.54) is 0 Å². The van der Waals surface area contributed by atoms with E-state index in [1.807, 2.05) is 18.2 Å². The predicted octanol–water partition coefficient (Wildman–Crippen LogP) is 3.28. The van der Waals surface area contributed by atoms with Crippen LogP contribution >= 0.6 is 15.9 Å². The number of hydrogen-bond donors (Lipinski definition) is 1. The lowest BCUT2D eigenvalue weighted by molar-refractivity contribution is 0.315. The Bertz CT molecular complexity index is 558. The molecule has 106 valence electrons. The first-order valence-electron chi connectivity index (χ1n) is 6.72. The van der Waals surface area contributed by atoms with Crippen molar-refractivity contribution in [3.8, 4) is 5.75 Å². The standard InChI is InChI=1S/C16H19BrN2O/c1-12-10-14(17)11-13(5-7-18)16(12)20-9-6-15-4-2-3-8-19-15/h2-4,8,10-11H,5-7,9,18H2,1H3. The van der Waals surface area contributed by atoms with Crippen molar-refractivity contribution in [1.82, 2.24) is 4.98 Å². The third-order valence-corrected chi connectivity index (χ3v) is 3.52. The number of aryl methyl sites for hydroxylation is 1. The number of pyridine rings is 1. The van der Waals surface area contributed by atoms with Gasteiger partial charge in [0, 0.05) is 22.8 Å². The maximum atomic E-state index is 5.96. The molecule has 0 spiro atoms. The van der Waals surface area contributed by atoms with Crippen LogP contribution in [-0.4, -0.2) is 18.1 Å². The molecular formula is C16H19BrN2O. The smallest absolute Gasteiger partial charge is 0.125 e. The van der Waals surface area contributed by atoms with Crippen molar-refractivity contribution in [2.45, 2.75) is 19.8 Å². The molecule has 0 radical (unpaired) electrons. The van der Waals surface area contributed by atoms with Crippen molar-refractivity contribution < 1.29 is 4.74 Å². The molecule has 0 unspecified atom stereocenters. The fourth-order valence-electron chi connectivity index (χ4n) is 2.15. The van der Waals surface area contributed by atoms with Crippen LogP contribution in [0.2, 0.25) is 0 Å². The Balaban J connectivity index is 2.05. The highest BCUT2D eigenvalue weighted by atomic mass is 79.9. The average Bonchev–Trinajstić information content (AvgIpc) is 2.43. The number of ether oxygens (including phenoxy) is 1. The molecular weight excluding hydrogens is 316 g/mol. The van der Waals surface area contributed by atoms with Gasteiger partial charge in [-0.3, -0.25) is 4.98 Å². The number of halogens is 1. The van der Waals surface area contributed by atoms with Crippen LogP contribution in [0.25, 0.3) is 0 Å². The second-order valence-corrected chi connectivity index (χ2v) is 5.58. The first-order chi connectivity index (χ1) is 9.70. The average molecular weight is 335 g/mol. The molecule has 2 rings (SSSR count). The van der Waals surface area contributed by atoms with Gasteiger partial charge in [-0.05, 0) is 55.3 Å². The van der Waals surface area contributed by atoms with Crippen molar-refractivity contribution >= 4 is 15.9 Å². The van der Waals surface area contributed by atoms with E-state index in [2.05, 4.69) is 40.0 Å². The van der Waals surface area contributed by atoms with E-state index in [0.29, 0.717) is 13.2 Å². The fourth-order valence-corrected chi connectivity index (χ4v) is 2.77. The van der Waals surface area contributed by atoms with Crippen LogP contribution in [0.1, 0.15) is 16.8 Å². The van der Waals surface area contributed by atoms with E-state index in [0.717, 1.165) is 39.9 Å². The van der Waals surface area contributed by atoms with Crippen molar-refractivity contribution in [2.24, 2.45) is 5.73 Å². The lowest BCUT2D eigenvalue weighted by atomic mass is 10.1. The van der Waals surface area contributed by atoms with Crippen LogP contribution in [0.15, 0.2) is 41.0 Å². The SMILES string of the molecule is Cc1cc(Br)cc(CCN)c1OCCc1ccccn1. The zero-order valence-electron chi connectivity index (χ0n) is 11.6. The zero-order valence-corrected chi connectivity index (χ0v) is 13.2. The Morgan fingerprint density at radius 3 is 2.80 bits per heavy atom. The number of aromatic nitrogens is 1. The van der Waals surface area contributed by atoms with Gasteiger partial charge in [0.15, 0.2) is 0 Å². The molecule has 4 heteroatoms. The summed E-state index contributed by atoms with van der Waals surface area (Å²) in [5, 5.41) is 0. The molecule has 1 aromatic carbocycles. The number of benzene rings is 1. The summed E-state index contributed by atoms with van der Waals surface area (Å²) in [6.07, 6.45) is 3.43. The van der Waals surface area contributed by atoms with Crippen molar-refractivity contribution in [3.63, 3.8) is 0 Å². The van der Waals surface area contributed by atoms with E-state index in [9.17, 15) is 0 Å². The minimum absolute atomic E-state index is 0.618. The normalized spacial score (nSPS) is 10.6. The van der Waals surface area contributed by atoms with Crippen LogP contribution in [0.4, 0.5) is 0 Å². The van der Waals surface area contributed by atoms with Gasteiger partial charge in [-0.15, -0.1) is 0 Å². The molecule has 2 N–H and O–H groups in total. The molecule has 0 atom stereocenters. The van der Waals surface area contributed by atoms with Crippen molar-refractivity contribution in [1.29, 1.82) is 0 Å². The molecule has 2 aromatic rings. The summed E-state index contributed by atoms with van der Waals surface area (Å²) in [7, 11) is 0.